The Morgan fingerprint density at radius 1 is 0.325 bits per heavy atom. The van der Waals surface area contributed by atoms with Crippen LogP contribution >= 0.6 is 0 Å². The Labute approximate surface area is 745 Å². The molecule has 0 saturated heterocycles. The van der Waals surface area contributed by atoms with E-state index in [9.17, 15) is 5.11 Å². The van der Waals surface area contributed by atoms with E-state index in [4.69, 9.17) is 26.1 Å². The maximum atomic E-state index is 9.45. The van der Waals surface area contributed by atoms with Crippen LogP contribution in [0.3, 0.4) is 0 Å². The number of fused-ring (bicyclic) bond motifs is 2. The smallest absolute Gasteiger partial charge is 0.134 e. The first-order chi connectivity index (χ1) is 56.5. The summed E-state index contributed by atoms with van der Waals surface area (Å²) in [6, 6.07) is 82.8. The van der Waals surface area contributed by atoms with Gasteiger partial charge in [-0.2, -0.15) is 0 Å². The Morgan fingerprint density at radius 2 is 0.740 bits per heavy atom. The third-order valence-electron chi connectivity index (χ3n) is 19.9. The Morgan fingerprint density at radius 3 is 1.10 bits per heavy atom. The van der Waals surface area contributed by atoms with Gasteiger partial charge in [0.15, 0.2) is 0 Å². The molecule has 0 fully saturated rings. The van der Waals surface area contributed by atoms with Gasteiger partial charge in [0.25, 0.3) is 0 Å². The number of furan rings is 1. The van der Waals surface area contributed by atoms with Gasteiger partial charge in [-0.25, -0.2) is 0 Å². The fourth-order valence-corrected chi connectivity index (χ4v) is 11.7. The van der Waals surface area contributed by atoms with Crippen molar-refractivity contribution in [2.24, 2.45) is 0 Å². The number of hydrogen-bond donors (Lipinski definition) is 6. The number of aliphatic hydroxyl groups excluding tert-OH is 1. The average molecular weight is 1660 g/mol. The number of para-hydroxylation sites is 4. The number of benzene rings is 8. The van der Waals surface area contributed by atoms with E-state index in [0.717, 1.165) is 39.5 Å². The summed E-state index contributed by atoms with van der Waals surface area (Å²) in [6.45, 7) is 74.0. The van der Waals surface area contributed by atoms with Crippen molar-refractivity contribution in [1.29, 1.82) is 0 Å². The van der Waals surface area contributed by atoms with Crippen LogP contribution in [-0.2, 0) is 66.2 Å². The van der Waals surface area contributed by atoms with Crippen molar-refractivity contribution in [2.45, 2.75) is 302 Å². The first kappa shape index (κ1) is 107. The molecule has 0 bridgehead atoms. The van der Waals surface area contributed by atoms with Crippen molar-refractivity contribution >= 4 is 33.2 Å². The lowest BCUT2D eigenvalue weighted by Gasteiger charge is -2.20. The quantitative estimate of drug-likeness (QED) is 0.0872. The monoisotopic (exact) mass is 1660 g/mol. The van der Waals surface area contributed by atoms with Gasteiger partial charge in [0.05, 0.1) is 6.61 Å². The zero-order chi connectivity index (χ0) is 93.4. The first-order valence-corrected chi connectivity index (χ1v) is 43.4. The normalized spacial score (nSPS) is 11.7. The minimum absolute atomic E-state index is 0.0331. The number of nitrogens with one attached hydrogen (secondary N) is 1. The highest BCUT2D eigenvalue weighted by molar-refractivity contribution is 5.80. The number of anilines is 2. The van der Waals surface area contributed by atoms with Crippen LogP contribution in [0.4, 0.5) is 11.4 Å². The molecule has 0 aliphatic rings. The molecule has 5 heterocycles. The van der Waals surface area contributed by atoms with Gasteiger partial charge in [0.1, 0.15) is 22.8 Å². The van der Waals surface area contributed by atoms with E-state index in [2.05, 4.69) is 377 Å². The predicted octanol–water partition coefficient (Wildman–Crippen LogP) is 30.6. The van der Waals surface area contributed by atoms with Gasteiger partial charge >= 0.3 is 0 Å². The molecule has 0 radical (unpaired) electrons. The van der Waals surface area contributed by atoms with Crippen LogP contribution in [0.1, 0.15) is 301 Å². The molecule has 0 spiro atoms. The lowest BCUT2D eigenvalue weighted by atomic mass is 9.86. The fraction of sp³-hybridized carbons (Fsp3) is 0.407. The summed E-state index contributed by atoms with van der Waals surface area (Å²) in [5.74, 6) is 1.77. The van der Waals surface area contributed by atoms with Gasteiger partial charge in [0.2, 0.25) is 0 Å². The number of rotatable bonds is 1. The van der Waals surface area contributed by atoms with E-state index >= 15 is 0 Å². The van der Waals surface area contributed by atoms with E-state index in [1.165, 1.54) is 66.5 Å². The van der Waals surface area contributed by atoms with Crippen molar-refractivity contribution in [3.63, 3.8) is 0 Å². The summed E-state index contributed by atoms with van der Waals surface area (Å²) in [4.78, 5) is 15.7. The lowest BCUT2D eigenvalue weighted by Crippen LogP contribution is -2.13. The number of H-pyrrole nitrogens is 1. The summed E-state index contributed by atoms with van der Waals surface area (Å²) >= 11 is 0. The second kappa shape index (κ2) is 46.8. The molecule has 0 atom stereocenters. The molecule has 0 saturated carbocycles. The molecule has 0 amide bonds. The number of pyridine rings is 3. The number of aryl methyl sites for hydroxylation is 1. The van der Waals surface area contributed by atoms with Crippen molar-refractivity contribution in [2.75, 3.05) is 11.5 Å². The summed E-state index contributed by atoms with van der Waals surface area (Å²) in [5.41, 5.74) is 32.2. The maximum Gasteiger partial charge on any atom is 0.134 e. The van der Waals surface area contributed by atoms with Crippen LogP contribution in [0.2, 0.25) is 0 Å². The Bertz CT molecular complexity index is 4630. The first-order valence-electron chi connectivity index (χ1n) is 43.4. The lowest BCUT2D eigenvalue weighted by molar-refractivity contribution is 0.282. The van der Waals surface area contributed by atoms with Crippen LogP contribution in [0.15, 0.2) is 284 Å². The highest BCUT2D eigenvalue weighted by Gasteiger charge is 2.22. The molecule has 8 aromatic carbocycles. The van der Waals surface area contributed by atoms with Crippen molar-refractivity contribution in [3.8, 4) is 11.5 Å². The molecule has 0 aliphatic heterocycles. The highest BCUT2D eigenvalue weighted by atomic mass is 16.3. The number of nitrogen functional groups attached to an aromatic ring is 2. The number of nitrogens with two attached hydrogens (primary N) is 2. The van der Waals surface area contributed by atoms with E-state index in [-0.39, 0.29) is 66.2 Å². The fourth-order valence-electron chi connectivity index (χ4n) is 11.7. The summed E-state index contributed by atoms with van der Waals surface area (Å²) in [5, 5.41) is 29.8. The minimum Gasteiger partial charge on any atom is -0.508 e. The van der Waals surface area contributed by atoms with Gasteiger partial charge in [-0.05, 0) is 197 Å². The topological polar surface area (TPSA) is 180 Å². The van der Waals surface area contributed by atoms with Gasteiger partial charge in [-0.1, -0.05) is 392 Å². The molecule has 13 aromatic rings. The number of aromatic amines is 1. The third kappa shape index (κ3) is 40.6. The molecular formula is C113H158N6O4. The molecule has 8 N–H and O–H groups in total. The van der Waals surface area contributed by atoms with Crippen LogP contribution in [-0.4, -0.2) is 35.3 Å². The van der Waals surface area contributed by atoms with E-state index in [0.29, 0.717) is 11.5 Å². The second-order valence-electron chi connectivity index (χ2n) is 42.9. The zero-order valence-electron chi connectivity index (χ0n) is 82.0. The zero-order valence-corrected chi connectivity index (χ0v) is 82.0. The van der Waals surface area contributed by atoms with Crippen LogP contribution in [0, 0.1) is 6.92 Å². The molecule has 664 valence electrons. The summed E-state index contributed by atoms with van der Waals surface area (Å²) < 4.78 is 5.73. The molecule has 10 heteroatoms. The Balaban J connectivity index is 0.000000350. The average Bonchev–Trinajstić information content (AvgIpc) is 1.42. The van der Waals surface area contributed by atoms with Crippen LogP contribution < -0.4 is 11.5 Å². The summed E-state index contributed by atoms with van der Waals surface area (Å²) in [6.07, 6.45) is 9.22. The largest absolute Gasteiger partial charge is 0.508 e. The van der Waals surface area contributed by atoms with Gasteiger partial charge in [-0.3, -0.25) is 15.0 Å². The van der Waals surface area contributed by atoms with E-state index in [1.807, 2.05) is 134 Å². The molecule has 5 aromatic heterocycles. The number of aliphatic hydroxyl groups is 1. The maximum absolute atomic E-state index is 9.45. The van der Waals surface area contributed by atoms with Crippen molar-refractivity contribution in [3.05, 3.63) is 352 Å². The van der Waals surface area contributed by atoms with Crippen molar-refractivity contribution in [1.82, 2.24) is 19.9 Å². The highest BCUT2D eigenvalue weighted by Crippen LogP contribution is 2.34. The third-order valence-corrected chi connectivity index (χ3v) is 19.9. The molecule has 0 unspecified atom stereocenters. The SMILES string of the molecule is CC(C)(C)c1cc2ccccc2[nH]1.CC(C)(C)c1cc2ccccc2o1.CC(C)(C)c1ccc(CO)cc1.CC(C)(C)c1ccc(N)cc1.CC(C)(C)c1ccc(O)cc1.CC(C)(C)c1ccccc1N.CC(C)(C)c1ccccc1O.CC(C)(C)c1ccccn1.CC(C)(C)c1cccnc1.CC(C)(C)c1ccncc1.Cc1ccc(C(C)(C)C)cc1. The number of aromatic nitrogens is 4. The minimum atomic E-state index is 0.0331. The van der Waals surface area contributed by atoms with Gasteiger partial charge in [0, 0.05) is 80.9 Å². The Hall–Kier alpha value is -10.6. The number of phenolic OH excluding ortho intramolecular Hbond substituents is 2. The molecule has 10 nitrogen and oxygen atoms in total. The van der Waals surface area contributed by atoms with Crippen LogP contribution in [0.25, 0.3) is 21.9 Å². The van der Waals surface area contributed by atoms with Crippen LogP contribution in [0.5, 0.6) is 11.5 Å². The second-order valence-corrected chi connectivity index (χ2v) is 42.9. The molecule has 0 aliphatic carbocycles. The molecule has 123 heavy (non-hydrogen) atoms. The molecular weight excluding hydrogens is 1510 g/mol. The van der Waals surface area contributed by atoms with E-state index < -0.39 is 0 Å². The number of nitrogens with zero attached hydrogens (tertiary/aromatic N) is 3. The number of aromatic hydroxyl groups is 2. The predicted molar refractivity (Wildman–Crippen MR) is 534 cm³/mol. The molecule has 13 rings (SSSR count). The van der Waals surface area contributed by atoms with Gasteiger partial charge < -0.3 is 36.2 Å². The Kier molecular flexibility index (Phi) is 40.6. The number of phenols is 2. The number of hydrogen-bond acceptors (Lipinski definition) is 9. The standard InChI is InChI=1S/C12H15N.C12H14O.C11H16O.C11H16.2C10H15N.2C10H14O.3C9H13N/c2*1-12(2,3)11-8-9-6-4-5-7-10(9)13-11;1-11(2,3)10-6-4-9(8-12)5-7-10;1-9-5-7-10(8-6-9)11(2,3)4;1-10(2,3)8-4-6-9(11)7-5-8;1-10(2,3)8-6-4-5-7-9(8)11;1-10(2,3)8-4-6-9(11)7-5-8;1-10(2,3)8-6-4-5-7-9(8)11;1-9(2,3)8-4-6-10-7-5-8;1-9(2,3)8-5-4-6-10-7-8;1-9(2,3)8-6-4-5-7-10-8/h4-8,13H,1-3H3;4-8H,1-3H3;4-7,12H,8H2,1-3H3;5-8H,1-4H3;2*4-7H,11H2,1-3H3;2*4-7,11H,1-3H3;3*4-7H,1-3H3. The van der Waals surface area contributed by atoms with Gasteiger partial charge in [-0.15, -0.1) is 0 Å². The summed E-state index contributed by atoms with van der Waals surface area (Å²) in [7, 11) is 0. The van der Waals surface area contributed by atoms with Crippen molar-refractivity contribution < 1.29 is 19.7 Å². The van der Waals surface area contributed by atoms with E-state index in [1.54, 1.807) is 24.4 Å².